The Morgan fingerprint density at radius 2 is 1.81 bits per heavy atom. The van der Waals surface area contributed by atoms with Crippen LogP contribution in [0.1, 0.15) is 22.3 Å². The number of carboxylic acids is 1. The van der Waals surface area contributed by atoms with E-state index in [0.717, 1.165) is 22.3 Å². The SMILES string of the molecule is Cc1cc(C)c(C)c(OC(Cc2ccccc2)C(=O)O)c1. The van der Waals surface area contributed by atoms with Crippen molar-refractivity contribution in [3.8, 4) is 5.75 Å². The second kappa shape index (κ2) is 6.44. The Labute approximate surface area is 125 Å². The molecule has 0 saturated heterocycles. The van der Waals surface area contributed by atoms with Crippen LogP contribution in [0.2, 0.25) is 0 Å². The number of benzene rings is 2. The molecule has 2 rings (SSSR count). The molecule has 2 aromatic rings. The molecule has 0 aliphatic carbocycles. The minimum Gasteiger partial charge on any atom is -0.478 e. The van der Waals surface area contributed by atoms with Crippen LogP contribution in [-0.4, -0.2) is 17.2 Å². The van der Waals surface area contributed by atoms with E-state index in [9.17, 15) is 9.90 Å². The number of hydrogen-bond donors (Lipinski definition) is 1. The van der Waals surface area contributed by atoms with Crippen molar-refractivity contribution in [2.45, 2.75) is 33.3 Å². The van der Waals surface area contributed by atoms with Crippen LogP contribution in [-0.2, 0) is 11.2 Å². The number of aliphatic carboxylic acids is 1. The van der Waals surface area contributed by atoms with Crippen molar-refractivity contribution in [2.75, 3.05) is 0 Å². The molecule has 110 valence electrons. The number of aryl methyl sites for hydroxylation is 2. The third-order valence-electron chi connectivity index (χ3n) is 3.57. The smallest absolute Gasteiger partial charge is 0.345 e. The van der Waals surface area contributed by atoms with Gasteiger partial charge >= 0.3 is 5.97 Å². The van der Waals surface area contributed by atoms with Gasteiger partial charge in [0.05, 0.1) is 0 Å². The Kier molecular flexibility index (Phi) is 4.63. The van der Waals surface area contributed by atoms with Crippen molar-refractivity contribution in [3.05, 3.63) is 64.7 Å². The first-order valence-corrected chi connectivity index (χ1v) is 6.98. The van der Waals surface area contributed by atoms with E-state index in [1.54, 1.807) is 0 Å². The predicted molar refractivity (Wildman–Crippen MR) is 82.9 cm³/mol. The standard InChI is InChI=1S/C18H20O3/c1-12-9-13(2)14(3)16(10-12)21-17(18(19)20)11-15-7-5-4-6-8-15/h4-10,17H,11H2,1-3H3,(H,19,20). The highest BCUT2D eigenvalue weighted by Gasteiger charge is 2.21. The van der Waals surface area contributed by atoms with Crippen molar-refractivity contribution < 1.29 is 14.6 Å². The molecule has 0 bridgehead atoms. The van der Waals surface area contributed by atoms with Gasteiger partial charge in [0.1, 0.15) is 5.75 Å². The molecule has 0 fully saturated rings. The summed E-state index contributed by atoms with van der Waals surface area (Å²) < 4.78 is 5.77. The summed E-state index contributed by atoms with van der Waals surface area (Å²) in [7, 11) is 0. The molecule has 0 aliphatic heterocycles. The minimum absolute atomic E-state index is 0.350. The van der Waals surface area contributed by atoms with Crippen molar-refractivity contribution in [2.24, 2.45) is 0 Å². The highest BCUT2D eigenvalue weighted by molar-refractivity contribution is 5.73. The van der Waals surface area contributed by atoms with E-state index < -0.39 is 12.1 Å². The van der Waals surface area contributed by atoms with Gasteiger partial charge in [-0.3, -0.25) is 0 Å². The average molecular weight is 284 g/mol. The zero-order valence-corrected chi connectivity index (χ0v) is 12.6. The van der Waals surface area contributed by atoms with Gasteiger partial charge in [-0.1, -0.05) is 36.4 Å². The van der Waals surface area contributed by atoms with Gasteiger partial charge in [-0.25, -0.2) is 4.79 Å². The lowest BCUT2D eigenvalue weighted by atomic mass is 10.0. The molecule has 0 saturated carbocycles. The molecule has 0 radical (unpaired) electrons. The fourth-order valence-electron chi connectivity index (χ4n) is 2.28. The number of hydrogen-bond acceptors (Lipinski definition) is 2. The van der Waals surface area contributed by atoms with E-state index in [1.807, 2.05) is 57.2 Å². The maximum absolute atomic E-state index is 11.5. The summed E-state index contributed by atoms with van der Waals surface area (Å²) in [5, 5.41) is 9.40. The molecule has 0 heterocycles. The van der Waals surface area contributed by atoms with Crippen molar-refractivity contribution in [1.82, 2.24) is 0 Å². The molecule has 1 unspecified atom stereocenters. The van der Waals surface area contributed by atoms with Crippen molar-refractivity contribution >= 4 is 5.97 Å². The summed E-state index contributed by atoms with van der Waals surface area (Å²) in [6.45, 7) is 5.93. The van der Waals surface area contributed by atoms with E-state index in [1.165, 1.54) is 0 Å². The number of rotatable bonds is 5. The van der Waals surface area contributed by atoms with Crippen LogP contribution in [0, 0.1) is 20.8 Å². The molecule has 1 atom stereocenters. The molecule has 3 nitrogen and oxygen atoms in total. The van der Waals surface area contributed by atoms with Crippen molar-refractivity contribution in [1.29, 1.82) is 0 Å². The molecule has 2 aromatic carbocycles. The summed E-state index contributed by atoms with van der Waals surface area (Å²) in [5.74, 6) is -0.298. The molecular formula is C18H20O3. The maximum atomic E-state index is 11.5. The molecule has 3 heteroatoms. The minimum atomic E-state index is -0.947. The van der Waals surface area contributed by atoms with Crippen LogP contribution < -0.4 is 4.74 Å². The molecule has 0 amide bonds. The third kappa shape index (κ3) is 3.85. The Bertz CT molecular complexity index is 632. The lowest BCUT2D eigenvalue weighted by molar-refractivity contribution is -0.145. The third-order valence-corrected chi connectivity index (χ3v) is 3.57. The fourth-order valence-corrected chi connectivity index (χ4v) is 2.28. The second-order valence-corrected chi connectivity index (χ2v) is 5.34. The Morgan fingerprint density at radius 3 is 2.43 bits per heavy atom. The lowest BCUT2D eigenvalue weighted by Gasteiger charge is -2.18. The zero-order chi connectivity index (χ0) is 15.4. The first-order chi connectivity index (χ1) is 9.97. The summed E-state index contributed by atoms with van der Waals surface area (Å²) >= 11 is 0. The topological polar surface area (TPSA) is 46.5 Å². The van der Waals surface area contributed by atoms with E-state index in [2.05, 4.69) is 6.07 Å². The van der Waals surface area contributed by atoms with Crippen LogP contribution in [0.3, 0.4) is 0 Å². The van der Waals surface area contributed by atoms with Gasteiger partial charge in [0.2, 0.25) is 0 Å². The zero-order valence-electron chi connectivity index (χ0n) is 12.6. The summed E-state index contributed by atoms with van der Waals surface area (Å²) in [6.07, 6.45) is -0.532. The van der Waals surface area contributed by atoms with E-state index in [4.69, 9.17) is 4.74 Å². The summed E-state index contributed by atoms with van der Waals surface area (Å²) in [4.78, 5) is 11.5. The van der Waals surface area contributed by atoms with Gasteiger partial charge in [-0.2, -0.15) is 0 Å². The highest BCUT2D eigenvalue weighted by atomic mass is 16.5. The molecule has 0 spiro atoms. The number of carboxylic acid groups (broad SMARTS) is 1. The summed E-state index contributed by atoms with van der Waals surface area (Å²) in [6, 6.07) is 13.5. The van der Waals surface area contributed by atoms with Gasteiger partial charge < -0.3 is 9.84 Å². The van der Waals surface area contributed by atoms with Crippen LogP contribution in [0.25, 0.3) is 0 Å². The quantitative estimate of drug-likeness (QED) is 0.911. The maximum Gasteiger partial charge on any atom is 0.345 e. The summed E-state index contributed by atoms with van der Waals surface area (Å²) in [5.41, 5.74) is 4.11. The first kappa shape index (κ1) is 15.1. The van der Waals surface area contributed by atoms with Crippen LogP contribution in [0.5, 0.6) is 5.75 Å². The first-order valence-electron chi connectivity index (χ1n) is 6.98. The van der Waals surface area contributed by atoms with E-state index >= 15 is 0 Å². The average Bonchev–Trinajstić information content (AvgIpc) is 2.44. The largest absolute Gasteiger partial charge is 0.478 e. The number of carbonyl (C=O) groups is 1. The van der Waals surface area contributed by atoms with Crippen molar-refractivity contribution in [3.63, 3.8) is 0 Å². The van der Waals surface area contributed by atoms with E-state index in [0.29, 0.717) is 12.2 Å². The normalized spacial score (nSPS) is 12.0. The van der Waals surface area contributed by atoms with Gasteiger partial charge in [0, 0.05) is 6.42 Å². The predicted octanol–water partition coefficient (Wildman–Crippen LogP) is 3.69. The van der Waals surface area contributed by atoms with Crippen LogP contribution in [0.15, 0.2) is 42.5 Å². The molecule has 21 heavy (non-hydrogen) atoms. The fraction of sp³-hybridized carbons (Fsp3) is 0.278. The van der Waals surface area contributed by atoms with Crippen LogP contribution in [0.4, 0.5) is 0 Å². The molecular weight excluding hydrogens is 264 g/mol. The van der Waals surface area contributed by atoms with Crippen LogP contribution >= 0.6 is 0 Å². The monoisotopic (exact) mass is 284 g/mol. The van der Waals surface area contributed by atoms with Gasteiger partial charge in [-0.15, -0.1) is 0 Å². The number of ether oxygens (including phenoxy) is 1. The Morgan fingerprint density at radius 1 is 1.14 bits per heavy atom. The molecule has 1 N–H and O–H groups in total. The lowest BCUT2D eigenvalue weighted by Crippen LogP contribution is -2.29. The van der Waals surface area contributed by atoms with Gasteiger partial charge in [0.15, 0.2) is 6.10 Å². The van der Waals surface area contributed by atoms with Gasteiger partial charge in [-0.05, 0) is 49.1 Å². The Hall–Kier alpha value is -2.29. The second-order valence-electron chi connectivity index (χ2n) is 5.34. The van der Waals surface area contributed by atoms with Gasteiger partial charge in [0.25, 0.3) is 0 Å². The molecule has 0 aromatic heterocycles. The molecule has 0 aliphatic rings. The van der Waals surface area contributed by atoms with E-state index in [-0.39, 0.29) is 0 Å². The Balaban J connectivity index is 2.23. The highest BCUT2D eigenvalue weighted by Crippen LogP contribution is 2.25.